The molecule has 0 aliphatic heterocycles. The molecular formula is C11H4Cl2I3N3O. The normalized spacial score (nSPS) is 10.4. The van der Waals surface area contributed by atoms with E-state index in [0.717, 1.165) is 16.4 Å². The summed E-state index contributed by atoms with van der Waals surface area (Å²) in [6.07, 6.45) is 0. The Kier molecular flexibility index (Phi) is 6.09. The van der Waals surface area contributed by atoms with Crippen molar-refractivity contribution >= 4 is 103 Å². The van der Waals surface area contributed by atoms with E-state index in [9.17, 15) is 4.79 Å². The molecule has 1 aromatic carbocycles. The Morgan fingerprint density at radius 1 is 1.05 bits per heavy atom. The summed E-state index contributed by atoms with van der Waals surface area (Å²) in [6.45, 7) is 0. The Balaban J connectivity index is 2.35. The van der Waals surface area contributed by atoms with Crippen LogP contribution in [-0.2, 0) is 0 Å². The number of aromatic nitrogens is 2. The maximum atomic E-state index is 12.2. The number of nitrogens with zero attached hydrogens (tertiary/aromatic N) is 2. The summed E-state index contributed by atoms with van der Waals surface area (Å²) in [7, 11) is 0. The van der Waals surface area contributed by atoms with Crippen LogP contribution in [-0.4, -0.2) is 16.1 Å². The Labute approximate surface area is 165 Å². The third-order valence-corrected chi connectivity index (χ3v) is 5.00. The second-order valence-corrected chi connectivity index (χ2v) is 7.89. The van der Waals surface area contributed by atoms with Crippen LogP contribution in [0.1, 0.15) is 10.4 Å². The fourth-order valence-corrected chi connectivity index (χ4v) is 5.53. The fraction of sp³-hybridized carbons (Fsp3) is 0. The first-order chi connectivity index (χ1) is 9.38. The van der Waals surface area contributed by atoms with Gasteiger partial charge in [-0.05, 0) is 86.0 Å². The van der Waals surface area contributed by atoms with Gasteiger partial charge in [0.15, 0.2) is 10.3 Å². The SMILES string of the molecule is O=C(Nc1c(I)cc(I)cc1I)c1cc(Cl)nnc1Cl. The summed E-state index contributed by atoms with van der Waals surface area (Å²) in [6, 6.07) is 5.33. The van der Waals surface area contributed by atoms with Crippen molar-refractivity contribution in [3.05, 3.63) is 44.8 Å². The predicted octanol–water partition coefficient (Wildman–Crippen LogP) is 4.85. The van der Waals surface area contributed by atoms with E-state index in [0.29, 0.717) is 0 Å². The van der Waals surface area contributed by atoms with Crippen LogP contribution in [0.2, 0.25) is 10.3 Å². The number of nitrogens with one attached hydrogen (secondary N) is 1. The lowest BCUT2D eigenvalue weighted by Crippen LogP contribution is -2.15. The van der Waals surface area contributed by atoms with Gasteiger partial charge in [0.05, 0.1) is 11.3 Å². The number of halogens is 5. The zero-order valence-corrected chi connectivity index (χ0v) is 17.4. The Morgan fingerprint density at radius 2 is 1.65 bits per heavy atom. The maximum absolute atomic E-state index is 12.2. The van der Waals surface area contributed by atoms with Crippen molar-refractivity contribution in [3.8, 4) is 0 Å². The highest BCUT2D eigenvalue weighted by Gasteiger charge is 2.16. The van der Waals surface area contributed by atoms with E-state index < -0.39 is 0 Å². The number of hydrogen-bond donors (Lipinski definition) is 1. The van der Waals surface area contributed by atoms with Gasteiger partial charge < -0.3 is 5.32 Å². The zero-order chi connectivity index (χ0) is 14.9. The average molecular weight is 646 g/mol. The molecule has 0 radical (unpaired) electrons. The molecule has 0 bridgehead atoms. The van der Waals surface area contributed by atoms with Gasteiger partial charge in [-0.3, -0.25) is 4.79 Å². The van der Waals surface area contributed by atoms with Crippen molar-refractivity contribution in [2.75, 3.05) is 5.32 Å². The number of carbonyl (C=O) groups is 1. The predicted molar refractivity (Wildman–Crippen MR) is 105 cm³/mol. The van der Waals surface area contributed by atoms with Crippen molar-refractivity contribution < 1.29 is 4.79 Å². The molecule has 9 heteroatoms. The molecule has 104 valence electrons. The van der Waals surface area contributed by atoms with Crippen LogP contribution in [0.15, 0.2) is 18.2 Å². The van der Waals surface area contributed by atoms with Gasteiger partial charge in [0, 0.05) is 10.7 Å². The van der Waals surface area contributed by atoms with E-state index >= 15 is 0 Å². The Bertz CT molecular complexity index is 674. The zero-order valence-electron chi connectivity index (χ0n) is 9.42. The van der Waals surface area contributed by atoms with Crippen LogP contribution in [0.5, 0.6) is 0 Å². The van der Waals surface area contributed by atoms with Crippen LogP contribution in [0.3, 0.4) is 0 Å². The van der Waals surface area contributed by atoms with Gasteiger partial charge in [-0.1, -0.05) is 23.2 Å². The molecule has 2 aromatic rings. The van der Waals surface area contributed by atoms with E-state index in [1.165, 1.54) is 6.07 Å². The van der Waals surface area contributed by atoms with Crippen LogP contribution in [0.4, 0.5) is 5.69 Å². The summed E-state index contributed by atoms with van der Waals surface area (Å²) < 4.78 is 2.98. The van der Waals surface area contributed by atoms with Crippen molar-refractivity contribution in [3.63, 3.8) is 0 Å². The second kappa shape index (κ2) is 7.20. The number of benzene rings is 1. The lowest BCUT2D eigenvalue weighted by Gasteiger charge is -2.11. The Hall–Kier alpha value is 0.540. The molecule has 2 rings (SSSR count). The first-order valence-electron chi connectivity index (χ1n) is 5.03. The maximum Gasteiger partial charge on any atom is 0.259 e. The monoisotopic (exact) mass is 645 g/mol. The van der Waals surface area contributed by atoms with Crippen molar-refractivity contribution in [2.45, 2.75) is 0 Å². The van der Waals surface area contributed by atoms with E-state index in [1.54, 1.807) is 0 Å². The van der Waals surface area contributed by atoms with E-state index in [4.69, 9.17) is 23.2 Å². The van der Waals surface area contributed by atoms with Crippen LogP contribution < -0.4 is 5.32 Å². The summed E-state index contributed by atoms with van der Waals surface area (Å²) in [5.41, 5.74) is 0.928. The number of anilines is 1. The molecule has 1 amide bonds. The van der Waals surface area contributed by atoms with Gasteiger partial charge in [0.1, 0.15) is 0 Å². The molecule has 0 saturated heterocycles. The van der Waals surface area contributed by atoms with E-state index in [1.807, 2.05) is 12.1 Å². The average Bonchev–Trinajstić information content (AvgIpc) is 2.36. The third kappa shape index (κ3) is 4.05. The highest BCUT2D eigenvalue weighted by atomic mass is 127. The van der Waals surface area contributed by atoms with Gasteiger partial charge in [-0.25, -0.2) is 0 Å². The van der Waals surface area contributed by atoms with Crippen LogP contribution in [0, 0.1) is 10.7 Å². The van der Waals surface area contributed by atoms with Gasteiger partial charge in [-0.2, -0.15) is 0 Å². The lowest BCUT2D eigenvalue weighted by molar-refractivity contribution is 0.102. The van der Waals surface area contributed by atoms with Gasteiger partial charge in [-0.15, -0.1) is 10.2 Å². The molecule has 20 heavy (non-hydrogen) atoms. The number of rotatable bonds is 2. The minimum Gasteiger partial charge on any atom is -0.320 e. The molecule has 1 aromatic heterocycles. The van der Waals surface area contributed by atoms with Gasteiger partial charge in [0.25, 0.3) is 5.91 Å². The third-order valence-electron chi connectivity index (χ3n) is 2.21. The molecule has 0 aliphatic carbocycles. The number of carbonyl (C=O) groups excluding carboxylic acids is 1. The molecule has 0 fully saturated rings. The van der Waals surface area contributed by atoms with Crippen LogP contribution in [0.25, 0.3) is 0 Å². The highest BCUT2D eigenvalue weighted by molar-refractivity contribution is 14.1. The molecule has 4 nitrogen and oxygen atoms in total. The quantitative estimate of drug-likeness (QED) is 0.476. The van der Waals surface area contributed by atoms with E-state index in [2.05, 4.69) is 83.3 Å². The van der Waals surface area contributed by atoms with Crippen LogP contribution >= 0.6 is 91.0 Å². The molecule has 0 aliphatic rings. The number of amides is 1. The van der Waals surface area contributed by atoms with Gasteiger partial charge in [0.2, 0.25) is 0 Å². The summed E-state index contributed by atoms with van der Waals surface area (Å²) >= 11 is 18.2. The standard InChI is InChI=1S/C11H4Cl2I3N3O/c12-8-3-5(10(13)19-18-8)11(20)17-9-6(15)1-4(14)2-7(9)16/h1-3H,(H,17,20). The summed E-state index contributed by atoms with van der Waals surface area (Å²) in [5.74, 6) is -0.371. The summed E-state index contributed by atoms with van der Waals surface area (Å²) in [4.78, 5) is 12.2. The minimum atomic E-state index is -0.371. The topological polar surface area (TPSA) is 54.9 Å². The lowest BCUT2D eigenvalue weighted by atomic mass is 10.2. The van der Waals surface area contributed by atoms with Crippen molar-refractivity contribution in [1.29, 1.82) is 0 Å². The molecular weight excluding hydrogens is 642 g/mol. The molecule has 0 spiro atoms. The number of hydrogen-bond acceptors (Lipinski definition) is 3. The molecule has 1 heterocycles. The van der Waals surface area contributed by atoms with E-state index in [-0.39, 0.29) is 21.8 Å². The molecule has 0 atom stereocenters. The van der Waals surface area contributed by atoms with Crippen molar-refractivity contribution in [2.24, 2.45) is 0 Å². The molecule has 0 saturated carbocycles. The van der Waals surface area contributed by atoms with Gasteiger partial charge >= 0.3 is 0 Å². The second-order valence-electron chi connectivity index (χ2n) is 3.57. The Morgan fingerprint density at radius 3 is 2.25 bits per heavy atom. The minimum absolute atomic E-state index is 0.0161. The molecule has 1 N–H and O–H groups in total. The largest absolute Gasteiger partial charge is 0.320 e. The smallest absolute Gasteiger partial charge is 0.259 e. The summed E-state index contributed by atoms with van der Waals surface area (Å²) in [5, 5.41) is 10.1. The first kappa shape index (κ1) is 16.9. The highest BCUT2D eigenvalue weighted by Crippen LogP contribution is 2.28. The first-order valence-corrected chi connectivity index (χ1v) is 9.02. The van der Waals surface area contributed by atoms with Crippen molar-refractivity contribution in [1.82, 2.24) is 10.2 Å². The molecule has 0 unspecified atom stereocenters. The fourth-order valence-electron chi connectivity index (χ4n) is 1.35.